The van der Waals surface area contributed by atoms with Gasteiger partial charge in [-0.15, -0.1) is 0 Å². The summed E-state index contributed by atoms with van der Waals surface area (Å²) in [5.41, 5.74) is 9.63. The first kappa shape index (κ1) is 23.7. The number of rotatable bonds is 6. The molecular formula is C26H43NO3. The van der Waals surface area contributed by atoms with Gasteiger partial charge in [-0.1, -0.05) is 45.1 Å². The SMILES string of the molecule is C=C1/C(=C\C=C2/CCC[C@]3(C)C([C@H](C)CCC(N)O)CC[C@@]23C)C[C@@H](OC)C[C@@H]1O. The van der Waals surface area contributed by atoms with Crippen LogP contribution in [-0.2, 0) is 4.74 Å². The Labute approximate surface area is 183 Å². The Bertz CT molecular complexity index is 696. The summed E-state index contributed by atoms with van der Waals surface area (Å²) in [5.74, 6) is 1.24. The second-order valence-corrected chi connectivity index (χ2v) is 10.6. The normalized spacial score (nSPS) is 41.8. The molecule has 0 saturated heterocycles. The second kappa shape index (κ2) is 9.28. The van der Waals surface area contributed by atoms with Crippen molar-refractivity contribution in [2.75, 3.05) is 7.11 Å². The lowest BCUT2D eigenvalue weighted by Gasteiger charge is -2.51. The van der Waals surface area contributed by atoms with Gasteiger partial charge in [0.2, 0.25) is 0 Å². The van der Waals surface area contributed by atoms with E-state index in [0.29, 0.717) is 24.7 Å². The Morgan fingerprint density at radius 1 is 1.27 bits per heavy atom. The van der Waals surface area contributed by atoms with Crippen LogP contribution >= 0.6 is 0 Å². The van der Waals surface area contributed by atoms with E-state index >= 15 is 0 Å². The molecule has 0 aliphatic heterocycles. The summed E-state index contributed by atoms with van der Waals surface area (Å²) in [6.45, 7) is 11.5. The highest BCUT2D eigenvalue weighted by molar-refractivity contribution is 5.39. The fourth-order valence-electron chi connectivity index (χ4n) is 6.80. The van der Waals surface area contributed by atoms with Crippen molar-refractivity contribution in [2.24, 2.45) is 28.4 Å². The van der Waals surface area contributed by atoms with Crippen LogP contribution in [0.4, 0.5) is 0 Å². The lowest BCUT2D eigenvalue weighted by Crippen LogP contribution is -2.43. The van der Waals surface area contributed by atoms with Gasteiger partial charge in [-0.2, -0.15) is 0 Å². The van der Waals surface area contributed by atoms with E-state index in [0.717, 1.165) is 30.4 Å². The van der Waals surface area contributed by atoms with Gasteiger partial charge in [0.25, 0.3) is 0 Å². The highest BCUT2D eigenvalue weighted by atomic mass is 16.5. The van der Waals surface area contributed by atoms with Gasteiger partial charge in [0.1, 0.15) is 6.23 Å². The zero-order chi connectivity index (χ0) is 22.1. The molecule has 0 aromatic carbocycles. The third-order valence-corrected chi connectivity index (χ3v) is 9.06. The molecule has 3 aliphatic rings. The summed E-state index contributed by atoms with van der Waals surface area (Å²) in [6, 6.07) is 0. The van der Waals surface area contributed by atoms with Gasteiger partial charge in [-0.3, -0.25) is 0 Å². The first-order chi connectivity index (χ1) is 14.1. The van der Waals surface area contributed by atoms with Gasteiger partial charge in [0, 0.05) is 13.5 Å². The topological polar surface area (TPSA) is 75.7 Å². The number of nitrogens with two attached hydrogens (primary N) is 1. The molecule has 3 aliphatic carbocycles. The molecule has 0 amide bonds. The molecule has 0 aromatic rings. The molecule has 4 N–H and O–H groups in total. The number of allylic oxidation sites excluding steroid dienone is 3. The van der Waals surface area contributed by atoms with Crippen LogP contribution in [0.2, 0.25) is 0 Å². The highest BCUT2D eigenvalue weighted by Crippen LogP contribution is 2.67. The Hall–Kier alpha value is -0.940. The van der Waals surface area contributed by atoms with Gasteiger partial charge < -0.3 is 20.7 Å². The van der Waals surface area contributed by atoms with E-state index in [-0.39, 0.29) is 16.9 Å². The summed E-state index contributed by atoms with van der Waals surface area (Å²) in [4.78, 5) is 0. The monoisotopic (exact) mass is 417 g/mol. The third kappa shape index (κ3) is 4.34. The average Bonchev–Trinajstić information content (AvgIpc) is 2.98. The van der Waals surface area contributed by atoms with E-state index < -0.39 is 12.3 Å². The lowest BCUT2D eigenvalue weighted by molar-refractivity contribution is 0.0309. The van der Waals surface area contributed by atoms with E-state index in [9.17, 15) is 10.2 Å². The number of aliphatic hydroxyl groups excluding tert-OH is 2. The van der Waals surface area contributed by atoms with Crippen molar-refractivity contribution in [2.45, 2.75) is 97.0 Å². The summed E-state index contributed by atoms with van der Waals surface area (Å²) < 4.78 is 5.53. The number of hydrogen-bond donors (Lipinski definition) is 3. The van der Waals surface area contributed by atoms with Gasteiger partial charge in [-0.25, -0.2) is 0 Å². The summed E-state index contributed by atoms with van der Waals surface area (Å²) in [5, 5.41) is 19.9. The summed E-state index contributed by atoms with van der Waals surface area (Å²) in [6.07, 6.45) is 12.7. The maximum atomic E-state index is 10.3. The van der Waals surface area contributed by atoms with Crippen molar-refractivity contribution in [3.05, 3.63) is 35.5 Å². The molecule has 3 saturated carbocycles. The molecule has 0 radical (unpaired) electrons. The number of ether oxygens (including phenoxy) is 1. The Morgan fingerprint density at radius 2 is 2.00 bits per heavy atom. The van der Waals surface area contributed by atoms with E-state index in [1.165, 1.54) is 25.7 Å². The number of fused-ring (bicyclic) bond motifs is 1. The van der Waals surface area contributed by atoms with Crippen molar-refractivity contribution in [1.29, 1.82) is 0 Å². The lowest BCUT2D eigenvalue weighted by atomic mass is 9.53. The molecule has 0 aromatic heterocycles. The number of hydrogen-bond acceptors (Lipinski definition) is 4. The summed E-state index contributed by atoms with van der Waals surface area (Å²) >= 11 is 0. The molecule has 3 fully saturated rings. The molecule has 7 atom stereocenters. The van der Waals surface area contributed by atoms with Crippen molar-refractivity contribution >= 4 is 0 Å². The minimum atomic E-state index is -0.698. The van der Waals surface area contributed by atoms with Gasteiger partial charge >= 0.3 is 0 Å². The third-order valence-electron chi connectivity index (χ3n) is 9.06. The van der Waals surface area contributed by atoms with Crippen LogP contribution < -0.4 is 5.73 Å². The van der Waals surface area contributed by atoms with Crippen LogP contribution in [0, 0.1) is 22.7 Å². The molecule has 2 unspecified atom stereocenters. The van der Waals surface area contributed by atoms with E-state index in [2.05, 4.69) is 39.5 Å². The van der Waals surface area contributed by atoms with Crippen molar-refractivity contribution in [1.82, 2.24) is 0 Å². The molecule has 4 nitrogen and oxygen atoms in total. The van der Waals surface area contributed by atoms with E-state index in [1.807, 2.05) is 0 Å². The zero-order valence-electron chi connectivity index (χ0n) is 19.5. The second-order valence-electron chi connectivity index (χ2n) is 10.6. The van der Waals surface area contributed by atoms with Crippen LogP contribution in [-0.4, -0.2) is 35.8 Å². The smallest absolute Gasteiger partial charge is 0.102 e. The maximum absolute atomic E-state index is 10.3. The van der Waals surface area contributed by atoms with Crippen LogP contribution in [0.25, 0.3) is 0 Å². The standard InChI is InChI=1S/C26H43NO3/c1-17(8-11-24(27)29)22-12-14-25(3)20(7-6-13-26(22,25)4)10-9-19-15-21(30-5)16-23(28)18(19)2/h9-10,17,21-24,28-29H,2,6-8,11-16,27H2,1,3-5H3/b19-9-,20-10+/t17-,21-,22?,23+,24?,25+,26-/m1/s1. The van der Waals surface area contributed by atoms with Crippen LogP contribution in [0.3, 0.4) is 0 Å². The molecule has 170 valence electrons. The number of methoxy groups -OCH3 is 1. The molecule has 0 spiro atoms. The fraction of sp³-hybridized carbons (Fsp3) is 0.769. The predicted molar refractivity (Wildman–Crippen MR) is 123 cm³/mol. The number of aliphatic hydroxyl groups is 2. The van der Waals surface area contributed by atoms with Crippen molar-refractivity contribution in [3.8, 4) is 0 Å². The van der Waals surface area contributed by atoms with Crippen molar-refractivity contribution in [3.63, 3.8) is 0 Å². The molecule has 30 heavy (non-hydrogen) atoms. The molecular weight excluding hydrogens is 374 g/mol. The average molecular weight is 418 g/mol. The Balaban J connectivity index is 1.83. The van der Waals surface area contributed by atoms with E-state index in [4.69, 9.17) is 10.5 Å². The molecule has 3 rings (SSSR count). The molecule has 0 bridgehead atoms. The quantitative estimate of drug-likeness (QED) is 0.539. The largest absolute Gasteiger partial charge is 0.388 e. The maximum Gasteiger partial charge on any atom is 0.102 e. The first-order valence-electron chi connectivity index (χ1n) is 11.9. The fourth-order valence-corrected chi connectivity index (χ4v) is 6.80. The molecule has 0 heterocycles. The minimum absolute atomic E-state index is 0.0666. The van der Waals surface area contributed by atoms with Crippen LogP contribution in [0.1, 0.15) is 78.6 Å². The van der Waals surface area contributed by atoms with E-state index in [1.54, 1.807) is 12.7 Å². The Morgan fingerprint density at radius 3 is 2.67 bits per heavy atom. The predicted octanol–water partition coefficient (Wildman–Crippen LogP) is 4.87. The van der Waals surface area contributed by atoms with Crippen molar-refractivity contribution < 1.29 is 14.9 Å². The zero-order valence-corrected chi connectivity index (χ0v) is 19.5. The minimum Gasteiger partial charge on any atom is -0.388 e. The highest BCUT2D eigenvalue weighted by Gasteiger charge is 2.57. The summed E-state index contributed by atoms with van der Waals surface area (Å²) in [7, 11) is 1.72. The Kier molecular flexibility index (Phi) is 7.33. The van der Waals surface area contributed by atoms with Gasteiger partial charge in [0.15, 0.2) is 0 Å². The van der Waals surface area contributed by atoms with Gasteiger partial charge in [-0.05, 0) is 85.2 Å². The van der Waals surface area contributed by atoms with Crippen LogP contribution in [0.5, 0.6) is 0 Å². The van der Waals surface area contributed by atoms with Crippen LogP contribution in [0.15, 0.2) is 35.5 Å². The molecule has 4 heteroatoms. The first-order valence-corrected chi connectivity index (χ1v) is 11.9. The van der Waals surface area contributed by atoms with Gasteiger partial charge in [0.05, 0.1) is 12.2 Å².